The van der Waals surface area contributed by atoms with Crippen LogP contribution in [0.25, 0.3) is 34.0 Å². The maximum atomic E-state index is 14.7. The zero-order valence-corrected chi connectivity index (χ0v) is 52.4. The topological polar surface area (TPSA) is 487 Å². The first-order valence-corrected chi connectivity index (χ1v) is 31.1. The second-order valence-corrected chi connectivity index (χ2v) is 23.8. The van der Waals surface area contributed by atoms with Gasteiger partial charge in [-0.05, 0) is 90.7 Å². The van der Waals surface area contributed by atoms with Crippen molar-refractivity contribution in [3.8, 4) is 51.3 Å². The van der Waals surface area contributed by atoms with Gasteiger partial charge < -0.3 is 96.3 Å². The number of nitrogens with one attached hydrogen (secondary N) is 5. The monoisotopic (exact) mass is 1340 g/mol. The summed E-state index contributed by atoms with van der Waals surface area (Å²) in [6, 6.07) is 11.5. The fraction of sp³-hybridized carbons (Fsp3) is 0.452. The van der Waals surface area contributed by atoms with Crippen LogP contribution in [0.2, 0.25) is 0 Å². The summed E-state index contributed by atoms with van der Waals surface area (Å²) in [7, 11) is 0. The molecule has 3 fully saturated rings. The third kappa shape index (κ3) is 18.1. The predicted octanol–water partition coefficient (Wildman–Crippen LogP) is -0.587. The number of nitrogens with two attached hydrogens (primary N) is 1. The number of β-amino-alcohol motifs (C(OH)–C–C–N with tert-alkyl or cyclic N) is 1. The van der Waals surface area contributed by atoms with Gasteiger partial charge in [-0.3, -0.25) is 38.4 Å². The van der Waals surface area contributed by atoms with Crippen LogP contribution in [0.3, 0.4) is 0 Å². The first-order valence-electron chi connectivity index (χ1n) is 30.4. The fourth-order valence-corrected chi connectivity index (χ4v) is 11.4. The number of aliphatic hydroxyl groups excluding tert-OH is 7. The molecule has 1 aromatic heterocycles. The van der Waals surface area contributed by atoms with E-state index in [2.05, 4.69) is 53.1 Å². The molecule has 0 radical (unpaired) electrons. The first-order chi connectivity index (χ1) is 45.4. The highest BCUT2D eigenvalue weighted by Gasteiger charge is 2.50. The van der Waals surface area contributed by atoms with E-state index < -0.39 is 183 Å². The molecule has 95 heavy (non-hydrogen) atoms. The minimum atomic E-state index is -2.54. The molecule has 512 valence electrons. The number of primary amides is 1. The van der Waals surface area contributed by atoms with E-state index in [9.17, 15) is 79.2 Å². The van der Waals surface area contributed by atoms with Gasteiger partial charge in [-0.1, -0.05) is 72.8 Å². The number of carbonyl (C=O) groups excluding carboxylic acids is 8. The Morgan fingerprint density at radius 1 is 0.737 bits per heavy atom. The summed E-state index contributed by atoms with van der Waals surface area (Å²) in [5.41, 5.74) is 7.88. The Kier molecular flexibility index (Phi) is 25.0. The summed E-state index contributed by atoms with van der Waals surface area (Å²) in [5, 5.41) is 122. The lowest BCUT2D eigenvalue weighted by molar-refractivity contribution is -0.433. The predicted molar refractivity (Wildman–Crippen MR) is 331 cm³/mol. The Morgan fingerprint density at radius 2 is 1.35 bits per heavy atom. The van der Waals surface area contributed by atoms with Gasteiger partial charge in [0.05, 0.1) is 43.5 Å². The summed E-state index contributed by atoms with van der Waals surface area (Å²) >= 11 is -0.0265. The molecule has 32 nitrogen and oxygen atoms in total. The minimum absolute atomic E-state index is 0.0265. The van der Waals surface area contributed by atoms with E-state index in [1.54, 1.807) is 0 Å². The van der Waals surface area contributed by atoms with Crippen LogP contribution in [-0.4, -0.2) is 212 Å². The highest BCUT2D eigenvalue weighted by Crippen LogP contribution is 2.35. The third-order valence-corrected chi connectivity index (χ3v) is 16.7. The number of aromatic nitrogens is 2. The molecule has 33 heteroatoms. The van der Waals surface area contributed by atoms with Gasteiger partial charge in [0, 0.05) is 55.1 Å². The largest absolute Gasteiger partial charge is 0.504 e. The molecule has 16 N–H and O–H groups in total. The van der Waals surface area contributed by atoms with Crippen molar-refractivity contribution >= 4 is 59.6 Å². The Labute approximate surface area is 547 Å². The summed E-state index contributed by atoms with van der Waals surface area (Å²) in [6.07, 6.45) is -11.8. The van der Waals surface area contributed by atoms with Gasteiger partial charge in [0.2, 0.25) is 53.1 Å². The van der Waals surface area contributed by atoms with Crippen molar-refractivity contribution in [1.29, 1.82) is 0 Å². The van der Waals surface area contributed by atoms with E-state index in [-0.39, 0.29) is 35.2 Å². The minimum Gasteiger partial charge on any atom is -0.504 e. The number of aromatic hydroxyl groups is 1. The standard InChI is InChI=1S/C62H76N10O22S/c1-4-5-6-7-22-90-40-19-16-33(17-20-40)32-8-12-35(13-9-32)59-69-70-60(91-59)36-14-10-34(11-15-36)54(82)65-41-24-38(74)27-64-58(86)50-51(79)30(2)28-72(50)62(88)48(44(77)26-46(63)78)67-57(85)49(53(81)52(80)37-18-21-43(76)45(23-37)92-95-94-93-89)68-56(84)42-25-39(75)29-71(42)61(87)47(31(3)73)66-55(41)83/h8-21,23,30-31,38-39,41-42,44,47-53,73-77,79-81,89H,4-7,22,24-29H2,1-3H3,(H2,63,78)(H,64,86)(H,65,82)(H,66,83)(H,67,85)(H,68,84)/t30?,31?,38?,39?,41-,42?,44?,47?,48?,49?,50?,51?,52?,53?/m0/s1. The zero-order chi connectivity index (χ0) is 68.8. The van der Waals surface area contributed by atoms with Gasteiger partial charge in [-0.2, -0.15) is 0 Å². The molecular weight excluding hydrogens is 1270 g/mol. The highest BCUT2D eigenvalue weighted by molar-refractivity contribution is 7.90. The number of unbranched alkanes of at least 4 members (excludes halogenated alkanes) is 3. The van der Waals surface area contributed by atoms with Crippen molar-refractivity contribution in [3.05, 3.63) is 102 Å². The van der Waals surface area contributed by atoms with Crippen LogP contribution >= 0.6 is 12.3 Å². The molecule has 4 aromatic carbocycles. The SMILES string of the molecule is CCCCCCOc1ccc(-c2ccc(-c3nnc(-c4ccc(C(=O)N[C@H]5CC(O)CNC(=O)C6C(O)C(C)CN6C(=O)C(C(O)CC(N)=O)NC(=O)C(C(O)C(O)c6ccc(O)c(OSOOO)c6)NC(=O)C6CC(O)CN6C(=O)C(C(C)O)NC5=O)cc4)o3)cc2)cc1. The fourth-order valence-electron chi connectivity index (χ4n) is 11.2. The van der Waals surface area contributed by atoms with Gasteiger partial charge in [-0.25, -0.2) is 5.26 Å². The number of benzene rings is 4. The quantitative estimate of drug-likeness (QED) is 0.0178. The van der Waals surface area contributed by atoms with Crippen molar-refractivity contribution < 1.29 is 107 Å². The number of amides is 8. The maximum absolute atomic E-state index is 14.7. The second kappa shape index (κ2) is 33.0. The molecule has 3 aliphatic heterocycles. The van der Waals surface area contributed by atoms with Crippen LogP contribution in [0.5, 0.6) is 17.2 Å². The van der Waals surface area contributed by atoms with E-state index in [1.807, 2.05) is 48.5 Å². The number of phenols is 1. The Hall–Kier alpha value is -8.87. The Balaban J connectivity index is 1.06. The molecule has 8 rings (SSSR count). The Morgan fingerprint density at radius 3 is 1.98 bits per heavy atom. The number of aliphatic hydroxyl groups is 7. The molecule has 3 aliphatic rings. The van der Waals surface area contributed by atoms with E-state index in [4.69, 9.17) is 24.3 Å². The molecule has 4 heterocycles. The molecular formula is C62H76N10O22S. The van der Waals surface area contributed by atoms with Gasteiger partial charge in [0.1, 0.15) is 54.2 Å². The molecule has 8 amide bonds. The van der Waals surface area contributed by atoms with Gasteiger partial charge in [0.15, 0.2) is 11.5 Å². The third-order valence-electron chi connectivity index (χ3n) is 16.3. The summed E-state index contributed by atoms with van der Waals surface area (Å²) < 4.78 is 21.1. The smallest absolute Gasteiger partial charge is 0.261 e. The van der Waals surface area contributed by atoms with Crippen LogP contribution in [0, 0.1) is 5.92 Å². The summed E-state index contributed by atoms with van der Waals surface area (Å²) in [4.78, 5) is 115. The second-order valence-electron chi connectivity index (χ2n) is 23.4. The van der Waals surface area contributed by atoms with Crippen molar-refractivity contribution in [1.82, 2.24) is 46.6 Å². The van der Waals surface area contributed by atoms with Crippen molar-refractivity contribution in [2.75, 3.05) is 26.2 Å². The average Bonchev–Trinajstić information content (AvgIpc) is 1.72. The van der Waals surface area contributed by atoms with Crippen LogP contribution in [0.4, 0.5) is 0 Å². The van der Waals surface area contributed by atoms with E-state index in [1.165, 1.54) is 37.6 Å². The molecule has 5 aromatic rings. The number of carbonyl (C=O) groups is 8. The van der Waals surface area contributed by atoms with Crippen LogP contribution < -0.4 is 41.2 Å². The molecule has 0 saturated carbocycles. The van der Waals surface area contributed by atoms with Gasteiger partial charge >= 0.3 is 0 Å². The van der Waals surface area contributed by atoms with Crippen LogP contribution in [0.1, 0.15) is 87.7 Å². The number of hydrogen-bond donors (Lipinski definition) is 15. The summed E-state index contributed by atoms with van der Waals surface area (Å²) in [6.45, 7) is 3.45. The van der Waals surface area contributed by atoms with Crippen LogP contribution in [0.15, 0.2) is 95.4 Å². The van der Waals surface area contributed by atoms with E-state index in [0.29, 0.717) is 17.7 Å². The number of ether oxygens (including phenoxy) is 1. The van der Waals surface area contributed by atoms with E-state index in [0.717, 1.165) is 71.1 Å². The lowest BCUT2D eigenvalue weighted by Gasteiger charge is -2.34. The first kappa shape index (κ1) is 72.0. The number of phenolic OH excluding ortho intramolecular Hbond substituents is 1. The Bertz CT molecular complexity index is 3490. The van der Waals surface area contributed by atoms with E-state index >= 15 is 0 Å². The molecule has 13 unspecified atom stereocenters. The highest BCUT2D eigenvalue weighted by atomic mass is 32.2. The number of rotatable bonds is 22. The maximum Gasteiger partial charge on any atom is 0.261 e. The van der Waals surface area contributed by atoms with Gasteiger partial charge in [-0.15, -0.1) is 10.2 Å². The lowest BCUT2D eigenvalue weighted by atomic mass is 9.96. The van der Waals surface area contributed by atoms with Crippen molar-refractivity contribution in [2.45, 2.75) is 145 Å². The van der Waals surface area contributed by atoms with Crippen LogP contribution in [-0.2, 0) is 42.9 Å². The van der Waals surface area contributed by atoms with Gasteiger partial charge in [0.25, 0.3) is 18.2 Å². The molecule has 0 aliphatic carbocycles. The normalized spacial score (nSPS) is 24.5. The number of hydrogen-bond acceptors (Lipinski definition) is 25. The summed E-state index contributed by atoms with van der Waals surface area (Å²) in [5.74, 6) is -11.0. The molecule has 14 atom stereocenters. The van der Waals surface area contributed by atoms with Crippen molar-refractivity contribution in [3.63, 3.8) is 0 Å². The van der Waals surface area contributed by atoms with Crippen molar-refractivity contribution in [2.24, 2.45) is 11.7 Å². The molecule has 0 bridgehead atoms. The zero-order valence-electron chi connectivity index (χ0n) is 51.6. The average molecular weight is 1350 g/mol. The molecule has 0 spiro atoms. The number of fused-ring (bicyclic) bond motifs is 2. The number of nitrogens with zero attached hydrogens (tertiary/aromatic N) is 4. The lowest BCUT2D eigenvalue weighted by Crippen LogP contribution is -2.64. The molecule has 3 saturated heterocycles.